The van der Waals surface area contributed by atoms with E-state index in [1.165, 1.54) is 0 Å². The summed E-state index contributed by atoms with van der Waals surface area (Å²) in [4.78, 5) is 11.7. The predicted octanol–water partition coefficient (Wildman–Crippen LogP) is 2.09. The summed E-state index contributed by atoms with van der Waals surface area (Å²) in [5.74, 6) is -0.0423. The second-order valence-electron chi connectivity index (χ2n) is 4.94. The maximum atomic E-state index is 11.7. The molecule has 2 N–H and O–H groups in total. The maximum absolute atomic E-state index is 11.7. The van der Waals surface area contributed by atoms with Crippen molar-refractivity contribution in [3.05, 3.63) is 29.3 Å². The Morgan fingerprint density at radius 3 is 2.50 bits per heavy atom. The number of Topliss-reactive ketones (excluding diaryl/α,β-unsaturated/α-hetero) is 1. The number of aromatic hydroxyl groups is 1. The zero-order valence-corrected chi connectivity index (χ0v) is 10.3. The Bertz CT molecular complexity index is 391. The third-order valence-electron chi connectivity index (χ3n) is 2.50. The monoisotopic (exact) mass is 221 g/mol. The van der Waals surface area contributed by atoms with Crippen LogP contribution in [-0.4, -0.2) is 24.5 Å². The van der Waals surface area contributed by atoms with Crippen LogP contribution in [0.4, 0.5) is 0 Å². The van der Waals surface area contributed by atoms with E-state index in [-0.39, 0.29) is 23.5 Å². The van der Waals surface area contributed by atoms with Crippen molar-refractivity contribution in [2.45, 2.75) is 26.2 Å². The molecular weight excluding hydrogens is 202 g/mol. The zero-order valence-electron chi connectivity index (χ0n) is 10.3. The third kappa shape index (κ3) is 2.83. The van der Waals surface area contributed by atoms with Gasteiger partial charge in [0.05, 0.1) is 12.1 Å². The van der Waals surface area contributed by atoms with Crippen LogP contribution >= 0.6 is 0 Å². The largest absolute Gasteiger partial charge is 0.507 e. The van der Waals surface area contributed by atoms with E-state index in [1.54, 1.807) is 19.2 Å². The summed E-state index contributed by atoms with van der Waals surface area (Å²) in [7, 11) is 1.71. The smallest absolute Gasteiger partial charge is 0.180 e. The molecule has 0 aliphatic carbocycles. The molecule has 0 aliphatic rings. The van der Waals surface area contributed by atoms with Crippen molar-refractivity contribution in [1.29, 1.82) is 0 Å². The highest BCUT2D eigenvalue weighted by Crippen LogP contribution is 2.27. The van der Waals surface area contributed by atoms with Gasteiger partial charge in [0.15, 0.2) is 5.78 Å². The molecule has 0 fully saturated rings. The van der Waals surface area contributed by atoms with Gasteiger partial charge in [0.25, 0.3) is 0 Å². The molecule has 0 amide bonds. The van der Waals surface area contributed by atoms with Gasteiger partial charge in [0, 0.05) is 0 Å². The number of phenols is 1. The number of nitrogens with one attached hydrogen (secondary N) is 1. The van der Waals surface area contributed by atoms with Crippen LogP contribution in [0.3, 0.4) is 0 Å². The Morgan fingerprint density at radius 2 is 2.00 bits per heavy atom. The Balaban J connectivity index is 3.14. The fourth-order valence-corrected chi connectivity index (χ4v) is 1.48. The molecule has 1 rings (SSSR count). The Morgan fingerprint density at radius 1 is 1.38 bits per heavy atom. The van der Waals surface area contributed by atoms with Crippen molar-refractivity contribution < 1.29 is 9.90 Å². The zero-order chi connectivity index (χ0) is 12.3. The van der Waals surface area contributed by atoms with Gasteiger partial charge in [-0.15, -0.1) is 0 Å². The van der Waals surface area contributed by atoms with Crippen molar-refractivity contribution in [1.82, 2.24) is 5.32 Å². The molecule has 0 aliphatic heterocycles. The Labute approximate surface area is 96.5 Å². The quantitative estimate of drug-likeness (QED) is 0.768. The molecule has 0 spiro atoms. The number of rotatable bonds is 3. The summed E-state index contributed by atoms with van der Waals surface area (Å²) in [6.07, 6.45) is 0. The normalized spacial score (nSPS) is 11.5. The predicted molar refractivity (Wildman–Crippen MR) is 65.1 cm³/mol. The summed E-state index contributed by atoms with van der Waals surface area (Å²) in [5, 5.41) is 12.4. The Kier molecular flexibility index (Phi) is 3.70. The summed E-state index contributed by atoms with van der Waals surface area (Å²) in [6, 6.07) is 5.21. The fraction of sp³-hybridized carbons (Fsp3) is 0.462. The van der Waals surface area contributed by atoms with Crippen molar-refractivity contribution in [2.75, 3.05) is 13.6 Å². The number of carbonyl (C=O) groups excluding carboxylic acids is 1. The first kappa shape index (κ1) is 12.7. The van der Waals surface area contributed by atoms with E-state index >= 15 is 0 Å². The first-order chi connectivity index (χ1) is 7.36. The van der Waals surface area contributed by atoms with E-state index in [1.807, 2.05) is 6.07 Å². The summed E-state index contributed by atoms with van der Waals surface area (Å²) < 4.78 is 0. The van der Waals surface area contributed by atoms with E-state index in [9.17, 15) is 9.90 Å². The third-order valence-corrected chi connectivity index (χ3v) is 2.50. The second kappa shape index (κ2) is 4.66. The molecule has 0 bridgehead atoms. The molecule has 0 saturated heterocycles. The number of hydrogen-bond acceptors (Lipinski definition) is 3. The van der Waals surface area contributed by atoms with E-state index in [4.69, 9.17) is 0 Å². The van der Waals surface area contributed by atoms with Gasteiger partial charge >= 0.3 is 0 Å². The van der Waals surface area contributed by atoms with Crippen LogP contribution in [0.25, 0.3) is 0 Å². The van der Waals surface area contributed by atoms with Crippen LogP contribution in [0, 0.1) is 0 Å². The molecule has 0 aromatic heterocycles. The van der Waals surface area contributed by atoms with Crippen molar-refractivity contribution in [3.63, 3.8) is 0 Å². The van der Waals surface area contributed by atoms with Gasteiger partial charge in [-0.25, -0.2) is 0 Å². The Hall–Kier alpha value is -1.35. The molecule has 1 aromatic rings. The number of ketones is 1. The molecule has 1 aromatic carbocycles. The summed E-state index contributed by atoms with van der Waals surface area (Å²) in [5.41, 5.74) is 1.41. The SMILES string of the molecule is CNCC(=O)c1cc(C(C)(C)C)ccc1O. The average molecular weight is 221 g/mol. The molecule has 0 saturated carbocycles. The minimum absolute atomic E-state index is 0.0254. The first-order valence-electron chi connectivity index (χ1n) is 5.37. The van der Waals surface area contributed by atoms with Gasteiger partial charge in [-0.05, 0) is 30.2 Å². The fourth-order valence-electron chi connectivity index (χ4n) is 1.48. The minimum atomic E-state index is -0.0916. The van der Waals surface area contributed by atoms with Gasteiger partial charge in [0.1, 0.15) is 5.75 Å². The molecule has 0 atom stereocenters. The topological polar surface area (TPSA) is 49.3 Å². The van der Waals surface area contributed by atoms with Gasteiger partial charge in [-0.2, -0.15) is 0 Å². The molecule has 0 heterocycles. The molecule has 0 radical (unpaired) electrons. The number of phenolic OH excluding ortho intramolecular Hbond substituents is 1. The summed E-state index contributed by atoms with van der Waals surface area (Å²) in [6.45, 7) is 6.46. The van der Waals surface area contributed by atoms with Gasteiger partial charge in [0.2, 0.25) is 0 Å². The van der Waals surface area contributed by atoms with Crippen LogP contribution in [0.15, 0.2) is 18.2 Å². The van der Waals surface area contributed by atoms with Crippen LogP contribution < -0.4 is 5.32 Å². The lowest BCUT2D eigenvalue weighted by Gasteiger charge is -2.20. The average Bonchev–Trinajstić information content (AvgIpc) is 2.16. The summed E-state index contributed by atoms with van der Waals surface area (Å²) >= 11 is 0. The highest BCUT2D eigenvalue weighted by molar-refractivity contribution is 6.00. The lowest BCUT2D eigenvalue weighted by molar-refractivity contribution is 0.0991. The second-order valence-corrected chi connectivity index (χ2v) is 4.94. The number of hydrogen-bond donors (Lipinski definition) is 2. The van der Waals surface area contributed by atoms with Gasteiger partial charge in [-0.1, -0.05) is 26.8 Å². The van der Waals surface area contributed by atoms with Crippen LogP contribution in [0.2, 0.25) is 0 Å². The lowest BCUT2D eigenvalue weighted by atomic mass is 9.85. The van der Waals surface area contributed by atoms with Gasteiger partial charge < -0.3 is 10.4 Å². The highest BCUT2D eigenvalue weighted by Gasteiger charge is 2.18. The molecule has 0 unspecified atom stereocenters. The number of likely N-dealkylation sites (N-methyl/N-ethyl adjacent to an activating group) is 1. The molecule has 3 nitrogen and oxygen atoms in total. The highest BCUT2D eigenvalue weighted by atomic mass is 16.3. The van der Waals surface area contributed by atoms with Crippen LogP contribution in [0.5, 0.6) is 5.75 Å². The maximum Gasteiger partial charge on any atom is 0.180 e. The van der Waals surface area contributed by atoms with Crippen molar-refractivity contribution >= 4 is 5.78 Å². The van der Waals surface area contributed by atoms with Crippen LogP contribution in [-0.2, 0) is 5.41 Å². The molecule has 88 valence electrons. The van der Waals surface area contributed by atoms with Gasteiger partial charge in [-0.3, -0.25) is 4.79 Å². The van der Waals surface area contributed by atoms with Crippen molar-refractivity contribution in [2.24, 2.45) is 0 Å². The molecule has 16 heavy (non-hydrogen) atoms. The molecule has 3 heteroatoms. The number of benzene rings is 1. The lowest BCUT2D eigenvalue weighted by Crippen LogP contribution is -2.19. The van der Waals surface area contributed by atoms with E-state index in [0.717, 1.165) is 5.56 Å². The standard InChI is InChI=1S/C13H19NO2/c1-13(2,3)9-5-6-11(15)10(7-9)12(16)8-14-4/h5-7,14-15H,8H2,1-4H3. The number of carbonyl (C=O) groups is 1. The van der Waals surface area contributed by atoms with Crippen molar-refractivity contribution in [3.8, 4) is 5.75 Å². The van der Waals surface area contributed by atoms with Crippen LogP contribution in [0.1, 0.15) is 36.7 Å². The van der Waals surface area contributed by atoms with E-state index < -0.39 is 0 Å². The first-order valence-corrected chi connectivity index (χ1v) is 5.37. The molecular formula is C13H19NO2. The minimum Gasteiger partial charge on any atom is -0.507 e. The van der Waals surface area contributed by atoms with E-state index in [0.29, 0.717) is 5.56 Å². The van der Waals surface area contributed by atoms with E-state index in [2.05, 4.69) is 26.1 Å².